The predicted molar refractivity (Wildman–Crippen MR) is 128 cm³/mol. The number of carbonyl (C=O) groups excluding carboxylic acids is 2. The molecule has 0 aliphatic heterocycles. The van der Waals surface area contributed by atoms with Gasteiger partial charge in [0.25, 0.3) is 11.5 Å². The van der Waals surface area contributed by atoms with Crippen LogP contribution in [0.2, 0.25) is 0 Å². The van der Waals surface area contributed by atoms with Gasteiger partial charge in [-0.1, -0.05) is 46.8 Å². The first-order valence-electron chi connectivity index (χ1n) is 10.6. The molecule has 0 aliphatic carbocycles. The van der Waals surface area contributed by atoms with Crippen LogP contribution in [0.1, 0.15) is 56.4 Å². The summed E-state index contributed by atoms with van der Waals surface area (Å²) < 4.78 is 0.563. The minimum atomic E-state index is -0.702. The lowest BCUT2D eigenvalue weighted by Gasteiger charge is -2.27. The van der Waals surface area contributed by atoms with Gasteiger partial charge in [0.1, 0.15) is 16.6 Å². The monoisotopic (exact) mass is 454 g/mol. The van der Waals surface area contributed by atoms with Crippen LogP contribution in [0.25, 0.3) is 10.2 Å². The highest BCUT2D eigenvalue weighted by atomic mass is 32.1. The largest absolute Gasteiger partial charge is 0.340 e. The summed E-state index contributed by atoms with van der Waals surface area (Å²) in [5.41, 5.74) is 2.03. The van der Waals surface area contributed by atoms with E-state index >= 15 is 0 Å². The summed E-state index contributed by atoms with van der Waals surface area (Å²) in [5, 5.41) is 4.68. The number of likely N-dealkylation sites (N-methyl/N-ethyl adjacent to an activating group) is 1. The van der Waals surface area contributed by atoms with Crippen LogP contribution in [-0.2, 0) is 16.8 Å². The molecule has 8 heteroatoms. The third-order valence-electron chi connectivity index (χ3n) is 5.36. The second-order valence-electron chi connectivity index (χ2n) is 9.36. The standard InChI is InChI=1S/C24H30N4O3S/c1-14(2)19(27-21(29)15-7-9-16(10-8-15)24(3,4)5)23(31)28(6)13-18-25-17-11-12-32-20(17)22(30)26-18/h7-12,14,19H,13H2,1-6H3,(H,27,29)(H,25,26,30)/t19-/m0/s1. The highest BCUT2D eigenvalue weighted by molar-refractivity contribution is 7.17. The van der Waals surface area contributed by atoms with Crippen LogP contribution in [0.4, 0.5) is 0 Å². The molecular formula is C24H30N4O3S. The number of H-pyrrole nitrogens is 1. The molecule has 0 saturated heterocycles. The second kappa shape index (κ2) is 9.24. The molecule has 1 aromatic carbocycles. The lowest BCUT2D eigenvalue weighted by molar-refractivity contribution is -0.133. The zero-order valence-corrected chi connectivity index (χ0v) is 20.2. The normalized spacial score (nSPS) is 12.7. The Bertz CT molecular complexity index is 1170. The molecule has 2 N–H and O–H groups in total. The average Bonchev–Trinajstić information content (AvgIpc) is 3.19. The van der Waals surface area contributed by atoms with Gasteiger partial charge in [-0.05, 0) is 40.5 Å². The molecule has 0 unspecified atom stereocenters. The Morgan fingerprint density at radius 3 is 2.41 bits per heavy atom. The van der Waals surface area contributed by atoms with Crippen LogP contribution in [0.15, 0.2) is 40.5 Å². The van der Waals surface area contributed by atoms with Crippen molar-refractivity contribution in [1.82, 2.24) is 20.2 Å². The van der Waals surface area contributed by atoms with Crippen LogP contribution in [-0.4, -0.2) is 39.8 Å². The van der Waals surface area contributed by atoms with E-state index in [0.717, 1.165) is 5.56 Å². The molecule has 0 fully saturated rings. The summed E-state index contributed by atoms with van der Waals surface area (Å²) in [4.78, 5) is 46.8. The van der Waals surface area contributed by atoms with Gasteiger partial charge in [0.2, 0.25) is 5.91 Å². The summed E-state index contributed by atoms with van der Waals surface area (Å²) in [6.45, 7) is 10.3. The highest BCUT2D eigenvalue weighted by Crippen LogP contribution is 2.22. The number of benzene rings is 1. The molecule has 0 bridgehead atoms. The molecule has 0 aliphatic rings. The van der Waals surface area contributed by atoms with Crippen molar-refractivity contribution in [1.29, 1.82) is 0 Å². The average molecular weight is 455 g/mol. The van der Waals surface area contributed by atoms with Crippen molar-refractivity contribution in [3.63, 3.8) is 0 Å². The summed E-state index contributed by atoms with van der Waals surface area (Å²) >= 11 is 1.33. The van der Waals surface area contributed by atoms with Gasteiger partial charge in [-0.15, -0.1) is 11.3 Å². The first kappa shape index (κ1) is 23.7. The third-order valence-corrected chi connectivity index (χ3v) is 6.26. The number of thiophene rings is 1. The number of nitrogens with one attached hydrogen (secondary N) is 2. The van der Waals surface area contributed by atoms with Gasteiger partial charge in [-0.2, -0.15) is 0 Å². The Morgan fingerprint density at radius 2 is 1.81 bits per heavy atom. The molecule has 2 amide bonds. The van der Waals surface area contributed by atoms with Crippen LogP contribution in [0.3, 0.4) is 0 Å². The molecular weight excluding hydrogens is 424 g/mol. The van der Waals surface area contributed by atoms with Gasteiger partial charge >= 0.3 is 0 Å². The van der Waals surface area contributed by atoms with Crippen molar-refractivity contribution in [3.05, 3.63) is 63.0 Å². The van der Waals surface area contributed by atoms with E-state index in [1.807, 2.05) is 31.4 Å². The smallest absolute Gasteiger partial charge is 0.268 e. The first-order chi connectivity index (χ1) is 15.0. The van der Waals surface area contributed by atoms with Crippen LogP contribution in [0.5, 0.6) is 0 Å². The van der Waals surface area contributed by atoms with Crippen molar-refractivity contribution < 1.29 is 9.59 Å². The molecule has 2 heterocycles. The molecule has 0 radical (unpaired) electrons. The van der Waals surface area contributed by atoms with Gasteiger partial charge in [0.15, 0.2) is 0 Å². The Morgan fingerprint density at radius 1 is 1.16 bits per heavy atom. The Labute approximate surface area is 191 Å². The maximum Gasteiger partial charge on any atom is 0.268 e. The number of nitrogens with zero attached hydrogens (tertiary/aromatic N) is 2. The van der Waals surface area contributed by atoms with Gasteiger partial charge in [-0.25, -0.2) is 4.98 Å². The fraction of sp³-hybridized carbons (Fsp3) is 0.417. The van der Waals surface area contributed by atoms with E-state index in [-0.39, 0.29) is 35.3 Å². The summed E-state index contributed by atoms with van der Waals surface area (Å²) in [6, 6.07) is 8.53. The SMILES string of the molecule is CC(C)[C@H](NC(=O)c1ccc(C(C)(C)C)cc1)C(=O)N(C)Cc1nc2ccsc2c(=O)[nH]1. The van der Waals surface area contributed by atoms with Crippen LogP contribution >= 0.6 is 11.3 Å². The molecule has 3 rings (SSSR count). The highest BCUT2D eigenvalue weighted by Gasteiger charge is 2.28. The zero-order chi connectivity index (χ0) is 23.6. The molecule has 3 aromatic rings. The van der Waals surface area contributed by atoms with E-state index in [1.54, 1.807) is 25.2 Å². The van der Waals surface area contributed by atoms with E-state index in [4.69, 9.17) is 0 Å². The Balaban J connectivity index is 1.73. The van der Waals surface area contributed by atoms with Crippen molar-refractivity contribution in [3.8, 4) is 0 Å². The lowest BCUT2D eigenvalue weighted by atomic mass is 9.86. The lowest BCUT2D eigenvalue weighted by Crippen LogP contribution is -2.50. The quantitative estimate of drug-likeness (QED) is 0.594. The number of rotatable bonds is 6. The Kier molecular flexibility index (Phi) is 6.83. The van der Waals surface area contributed by atoms with E-state index in [9.17, 15) is 14.4 Å². The zero-order valence-electron chi connectivity index (χ0n) is 19.4. The summed E-state index contributed by atoms with van der Waals surface area (Å²) in [7, 11) is 1.64. The molecule has 7 nitrogen and oxygen atoms in total. The number of hydrogen-bond donors (Lipinski definition) is 2. The molecule has 1 atom stereocenters. The fourth-order valence-electron chi connectivity index (χ4n) is 3.40. The van der Waals surface area contributed by atoms with Crippen molar-refractivity contribution in [2.24, 2.45) is 5.92 Å². The number of fused-ring (bicyclic) bond motifs is 1. The number of hydrogen-bond acceptors (Lipinski definition) is 5. The molecule has 0 spiro atoms. The number of aromatic amines is 1. The number of amides is 2. The molecule has 2 aromatic heterocycles. The van der Waals surface area contributed by atoms with Crippen LogP contribution < -0.4 is 10.9 Å². The Hall–Kier alpha value is -3.00. The maximum absolute atomic E-state index is 13.1. The number of carbonyl (C=O) groups is 2. The maximum atomic E-state index is 13.1. The first-order valence-corrected chi connectivity index (χ1v) is 11.5. The van der Waals surface area contributed by atoms with Crippen molar-refractivity contribution in [2.45, 2.75) is 52.6 Å². The molecule has 0 saturated carbocycles. The van der Waals surface area contributed by atoms with Gasteiger partial charge in [-0.3, -0.25) is 14.4 Å². The summed E-state index contributed by atoms with van der Waals surface area (Å²) in [6.07, 6.45) is 0. The fourth-order valence-corrected chi connectivity index (χ4v) is 4.12. The van der Waals surface area contributed by atoms with Gasteiger partial charge in [0, 0.05) is 12.6 Å². The van der Waals surface area contributed by atoms with E-state index in [1.165, 1.54) is 16.2 Å². The van der Waals surface area contributed by atoms with Gasteiger partial charge in [0.05, 0.1) is 12.1 Å². The topological polar surface area (TPSA) is 95.2 Å². The van der Waals surface area contributed by atoms with Crippen molar-refractivity contribution >= 4 is 33.4 Å². The van der Waals surface area contributed by atoms with Crippen molar-refractivity contribution in [2.75, 3.05) is 7.05 Å². The third kappa shape index (κ3) is 5.24. The van der Waals surface area contributed by atoms with E-state index < -0.39 is 6.04 Å². The summed E-state index contributed by atoms with van der Waals surface area (Å²) in [5.74, 6) is -0.248. The van der Waals surface area contributed by atoms with Gasteiger partial charge < -0.3 is 15.2 Å². The second-order valence-corrected chi connectivity index (χ2v) is 10.3. The minimum absolute atomic E-state index is 0.00477. The number of aromatic nitrogens is 2. The molecule has 170 valence electrons. The predicted octanol–water partition coefficient (Wildman–Crippen LogP) is 3.70. The van der Waals surface area contributed by atoms with E-state index in [2.05, 4.69) is 36.1 Å². The van der Waals surface area contributed by atoms with E-state index in [0.29, 0.717) is 21.6 Å². The van der Waals surface area contributed by atoms with Crippen LogP contribution in [0, 0.1) is 5.92 Å². The minimum Gasteiger partial charge on any atom is -0.340 e. The molecule has 32 heavy (non-hydrogen) atoms.